The molecule has 0 saturated carbocycles. The average Bonchev–Trinajstić information content (AvgIpc) is 2.61. The first-order chi connectivity index (χ1) is 13.1. The van der Waals surface area contributed by atoms with Crippen LogP contribution in [0.25, 0.3) is 6.08 Å². The van der Waals surface area contributed by atoms with Gasteiger partial charge >= 0.3 is 11.9 Å². The molecule has 0 atom stereocenters. The van der Waals surface area contributed by atoms with Gasteiger partial charge in [-0.1, -0.05) is 36.0 Å². The minimum Gasteiger partial charge on any atom is -0.258 e. The van der Waals surface area contributed by atoms with Crippen LogP contribution in [-0.2, 0) is 16.0 Å². The van der Waals surface area contributed by atoms with E-state index >= 15 is 0 Å². The summed E-state index contributed by atoms with van der Waals surface area (Å²) < 4.78 is 62.1. The van der Waals surface area contributed by atoms with Crippen molar-refractivity contribution in [2.75, 3.05) is 17.3 Å². The highest BCUT2D eigenvalue weighted by atomic mass is 32.2. The zero-order valence-corrected chi connectivity index (χ0v) is 15.9. The summed E-state index contributed by atoms with van der Waals surface area (Å²) in [6.45, 7) is 0. The van der Waals surface area contributed by atoms with Crippen LogP contribution in [0.4, 0.5) is 18.9 Å². The topological polar surface area (TPSA) is 90.2 Å². The number of alkyl halides is 3. The molecule has 2 rings (SSSR count). The number of thioether (sulfide) groups is 1. The van der Waals surface area contributed by atoms with E-state index in [9.17, 15) is 31.7 Å². The fourth-order valence-electron chi connectivity index (χ4n) is 2.13. The van der Waals surface area contributed by atoms with E-state index in [1.54, 1.807) is 0 Å². The molecule has 0 fully saturated rings. The van der Waals surface area contributed by atoms with Gasteiger partial charge in [-0.15, -0.1) is 0 Å². The molecule has 2 aromatic rings. The van der Waals surface area contributed by atoms with Gasteiger partial charge in [0.05, 0.1) is 22.0 Å². The van der Waals surface area contributed by atoms with Crippen LogP contribution in [-0.4, -0.2) is 35.6 Å². The van der Waals surface area contributed by atoms with Crippen LogP contribution < -0.4 is 0 Å². The van der Waals surface area contributed by atoms with Crippen molar-refractivity contribution >= 4 is 33.4 Å². The van der Waals surface area contributed by atoms with E-state index in [1.165, 1.54) is 42.6 Å². The summed E-state index contributed by atoms with van der Waals surface area (Å²) in [4.78, 5) is 14.2. The lowest BCUT2D eigenvalue weighted by molar-refractivity contribution is -0.388. The third kappa shape index (κ3) is 6.64. The predicted octanol–water partition coefficient (Wildman–Crippen LogP) is 4.23. The first kappa shape index (κ1) is 21.9. The summed E-state index contributed by atoms with van der Waals surface area (Å²) in [6.07, 6.45) is -0.509. The number of sulfone groups is 1. The molecule has 1 heterocycles. The summed E-state index contributed by atoms with van der Waals surface area (Å²) in [6, 6.07) is 7.24. The summed E-state index contributed by atoms with van der Waals surface area (Å²) >= 11 is 0.956. The number of aromatic nitrogens is 1. The number of halogens is 3. The van der Waals surface area contributed by atoms with Crippen molar-refractivity contribution in [2.24, 2.45) is 0 Å². The van der Waals surface area contributed by atoms with E-state index in [-0.39, 0.29) is 33.5 Å². The maximum absolute atomic E-state index is 12.7. The Morgan fingerprint density at radius 1 is 1.21 bits per heavy atom. The summed E-state index contributed by atoms with van der Waals surface area (Å²) in [5, 5.41) is 11.0. The van der Waals surface area contributed by atoms with Gasteiger partial charge in [0.2, 0.25) is 0 Å². The van der Waals surface area contributed by atoms with Crippen molar-refractivity contribution in [3.8, 4) is 0 Å². The number of pyridine rings is 1. The molecule has 0 saturated heterocycles. The molecule has 0 aliphatic carbocycles. The highest BCUT2D eigenvalue weighted by molar-refractivity contribution is 8.00. The highest BCUT2D eigenvalue weighted by Crippen LogP contribution is 2.30. The molecular formula is C17H15F3N2O4S2. The third-order valence-corrected chi connectivity index (χ3v) is 6.24. The molecule has 0 aliphatic rings. The number of rotatable bonds is 8. The molecule has 11 heteroatoms. The molecule has 28 heavy (non-hydrogen) atoms. The lowest BCUT2D eigenvalue weighted by Gasteiger charge is -2.06. The van der Waals surface area contributed by atoms with E-state index in [4.69, 9.17) is 0 Å². The molecule has 1 aromatic heterocycles. The van der Waals surface area contributed by atoms with Crippen molar-refractivity contribution in [1.29, 1.82) is 0 Å². The standard InChI is InChI=1S/C17H15F3N2O4S2/c18-17(19,20)14-6-1-4-13(12-14)5-3-10-28(25,26)11-9-27-16-15(22(23)24)7-2-8-21-16/h1-8,12H,9-11H2. The third-order valence-electron chi connectivity index (χ3n) is 3.46. The molecule has 6 nitrogen and oxygen atoms in total. The summed E-state index contributed by atoms with van der Waals surface area (Å²) in [5.74, 6) is -0.538. The molecule has 0 bridgehead atoms. The smallest absolute Gasteiger partial charge is 0.258 e. The molecule has 1 aromatic carbocycles. The van der Waals surface area contributed by atoms with Gasteiger partial charge in [0.25, 0.3) is 0 Å². The summed E-state index contributed by atoms with van der Waals surface area (Å²) in [5.41, 5.74) is -0.774. The van der Waals surface area contributed by atoms with E-state index in [1.807, 2.05) is 0 Å². The molecule has 0 amide bonds. The predicted molar refractivity (Wildman–Crippen MR) is 101 cm³/mol. The van der Waals surface area contributed by atoms with Crippen molar-refractivity contribution < 1.29 is 26.5 Å². The van der Waals surface area contributed by atoms with Crippen LogP contribution in [0.1, 0.15) is 11.1 Å². The van der Waals surface area contributed by atoms with Crippen molar-refractivity contribution in [3.63, 3.8) is 0 Å². The average molecular weight is 432 g/mol. The highest BCUT2D eigenvalue weighted by Gasteiger charge is 2.30. The Bertz CT molecular complexity index is 976. The number of nitrogens with zero attached hydrogens (tertiary/aromatic N) is 2. The van der Waals surface area contributed by atoms with Gasteiger partial charge in [-0.05, 0) is 23.8 Å². The van der Waals surface area contributed by atoms with Gasteiger partial charge in [0.1, 0.15) is 0 Å². The van der Waals surface area contributed by atoms with E-state index < -0.39 is 26.5 Å². The fourth-order valence-corrected chi connectivity index (χ4v) is 4.65. The van der Waals surface area contributed by atoms with Crippen molar-refractivity contribution in [1.82, 2.24) is 4.98 Å². The Morgan fingerprint density at radius 2 is 1.96 bits per heavy atom. The second kappa shape index (κ2) is 9.20. The maximum Gasteiger partial charge on any atom is 0.416 e. The van der Waals surface area contributed by atoms with Gasteiger partial charge in [-0.3, -0.25) is 10.1 Å². The lowest BCUT2D eigenvalue weighted by Crippen LogP contribution is -2.11. The van der Waals surface area contributed by atoms with Gasteiger partial charge < -0.3 is 0 Å². The van der Waals surface area contributed by atoms with E-state index in [2.05, 4.69) is 4.98 Å². The Labute approximate surface area is 163 Å². The van der Waals surface area contributed by atoms with Crippen LogP contribution in [0.5, 0.6) is 0 Å². The molecule has 0 spiro atoms. The monoisotopic (exact) mass is 432 g/mol. The van der Waals surface area contributed by atoms with Gasteiger partial charge in [-0.25, -0.2) is 13.4 Å². The van der Waals surface area contributed by atoms with E-state index in [0.717, 1.165) is 23.9 Å². The molecule has 0 aliphatic heterocycles. The minimum atomic E-state index is -4.47. The maximum atomic E-state index is 12.7. The minimum absolute atomic E-state index is 0.0670. The zero-order chi connectivity index (χ0) is 20.8. The van der Waals surface area contributed by atoms with Gasteiger partial charge in [0, 0.05) is 18.0 Å². The molecule has 0 radical (unpaired) electrons. The van der Waals surface area contributed by atoms with Crippen LogP contribution in [0, 0.1) is 10.1 Å². The van der Waals surface area contributed by atoms with E-state index in [0.29, 0.717) is 0 Å². The Kier molecular flexibility index (Phi) is 7.19. The van der Waals surface area contributed by atoms with Crippen molar-refractivity contribution in [3.05, 3.63) is 69.9 Å². The fraction of sp³-hybridized carbons (Fsp3) is 0.235. The summed E-state index contributed by atoms with van der Waals surface area (Å²) in [7, 11) is -3.52. The SMILES string of the molecule is O=[N+]([O-])c1cccnc1SCCS(=O)(=O)CC=Cc1cccc(C(F)(F)F)c1. The van der Waals surface area contributed by atoms with Crippen LogP contribution >= 0.6 is 11.8 Å². The van der Waals surface area contributed by atoms with Crippen LogP contribution in [0.3, 0.4) is 0 Å². The molecule has 0 N–H and O–H groups in total. The number of hydrogen-bond donors (Lipinski definition) is 0. The van der Waals surface area contributed by atoms with Gasteiger partial charge in [0.15, 0.2) is 14.9 Å². The Balaban J connectivity index is 1.93. The second-order valence-corrected chi connectivity index (χ2v) is 8.89. The quantitative estimate of drug-likeness (QED) is 0.352. The number of nitro groups is 1. The lowest BCUT2D eigenvalue weighted by atomic mass is 10.1. The largest absolute Gasteiger partial charge is 0.416 e. The molecule has 0 unspecified atom stereocenters. The molecule has 150 valence electrons. The second-order valence-electron chi connectivity index (χ2n) is 5.57. The number of hydrogen-bond acceptors (Lipinski definition) is 6. The first-order valence-electron chi connectivity index (χ1n) is 7.85. The Morgan fingerprint density at radius 3 is 2.64 bits per heavy atom. The zero-order valence-electron chi connectivity index (χ0n) is 14.3. The van der Waals surface area contributed by atoms with Crippen LogP contribution in [0.2, 0.25) is 0 Å². The first-order valence-corrected chi connectivity index (χ1v) is 10.7. The number of benzene rings is 1. The van der Waals surface area contributed by atoms with Crippen LogP contribution in [0.15, 0.2) is 53.7 Å². The normalized spacial score (nSPS) is 12.4. The Hall–Kier alpha value is -2.40. The van der Waals surface area contributed by atoms with Crippen molar-refractivity contribution in [2.45, 2.75) is 11.2 Å². The van der Waals surface area contributed by atoms with Gasteiger partial charge in [-0.2, -0.15) is 13.2 Å². The molecular weight excluding hydrogens is 417 g/mol.